The standard InChI is InChI=1S/C24H31N3O7/c1-13(2)21(24(30)26-17-12-16(25-14(3)28)8-9-18(17)31-4)27-23(29)15-10-19(32-5)22(34-7)20(11-15)33-6/h8-13,21H,1-7H3,(H,25,28)(H,26,30)(H,27,29)/t21-/m0/s1. The van der Waals surface area contributed by atoms with Gasteiger partial charge in [0.25, 0.3) is 5.91 Å². The molecule has 3 N–H and O–H groups in total. The Bertz CT molecular complexity index is 1030. The van der Waals surface area contributed by atoms with Crippen LogP contribution < -0.4 is 34.9 Å². The minimum atomic E-state index is -0.874. The summed E-state index contributed by atoms with van der Waals surface area (Å²) in [6, 6.07) is 7.00. The summed E-state index contributed by atoms with van der Waals surface area (Å²) in [5.41, 5.74) is 1.08. The molecule has 10 nitrogen and oxygen atoms in total. The van der Waals surface area contributed by atoms with Crippen LogP contribution >= 0.6 is 0 Å². The van der Waals surface area contributed by atoms with Crippen molar-refractivity contribution in [3.63, 3.8) is 0 Å². The SMILES string of the molecule is COc1ccc(NC(C)=O)cc1NC(=O)[C@@H](NC(=O)c1cc(OC)c(OC)c(OC)c1)C(C)C. The number of carbonyl (C=O) groups excluding carboxylic acids is 3. The van der Waals surface area contributed by atoms with E-state index >= 15 is 0 Å². The van der Waals surface area contributed by atoms with E-state index in [1.54, 1.807) is 18.2 Å². The Kier molecular flexibility index (Phi) is 9.11. The van der Waals surface area contributed by atoms with Crippen LogP contribution in [-0.4, -0.2) is 52.2 Å². The Balaban J connectivity index is 2.30. The van der Waals surface area contributed by atoms with Crippen molar-refractivity contribution in [1.82, 2.24) is 5.32 Å². The predicted molar refractivity (Wildman–Crippen MR) is 128 cm³/mol. The van der Waals surface area contributed by atoms with E-state index in [9.17, 15) is 14.4 Å². The van der Waals surface area contributed by atoms with E-state index < -0.39 is 17.9 Å². The van der Waals surface area contributed by atoms with Gasteiger partial charge in [0.05, 0.1) is 34.1 Å². The Hall–Kier alpha value is -3.95. The lowest BCUT2D eigenvalue weighted by Crippen LogP contribution is -2.47. The molecule has 0 aliphatic heterocycles. The van der Waals surface area contributed by atoms with Gasteiger partial charge in [0.2, 0.25) is 17.6 Å². The molecular formula is C24H31N3O7. The topological polar surface area (TPSA) is 124 Å². The van der Waals surface area contributed by atoms with Crippen molar-refractivity contribution < 1.29 is 33.3 Å². The fourth-order valence-electron chi connectivity index (χ4n) is 3.27. The first-order valence-corrected chi connectivity index (χ1v) is 10.5. The highest BCUT2D eigenvalue weighted by Crippen LogP contribution is 2.38. The van der Waals surface area contributed by atoms with Crippen molar-refractivity contribution in [3.8, 4) is 23.0 Å². The van der Waals surface area contributed by atoms with Crippen molar-refractivity contribution >= 4 is 29.1 Å². The number of benzene rings is 2. The highest BCUT2D eigenvalue weighted by molar-refractivity contribution is 6.03. The minimum absolute atomic E-state index is 0.234. The lowest BCUT2D eigenvalue weighted by Gasteiger charge is -2.23. The molecule has 0 saturated carbocycles. The second-order valence-electron chi connectivity index (χ2n) is 7.69. The third kappa shape index (κ3) is 6.31. The van der Waals surface area contributed by atoms with Gasteiger partial charge in [0, 0.05) is 18.2 Å². The molecule has 2 aromatic rings. The Morgan fingerprint density at radius 3 is 1.85 bits per heavy atom. The summed E-state index contributed by atoms with van der Waals surface area (Å²) in [5.74, 6) is -0.0438. The van der Waals surface area contributed by atoms with Gasteiger partial charge in [-0.2, -0.15) is 0 Å². The summed E-state index contributed by atoms with van der Waals surface area (Å²) < 4.78 is 21.2. The molecule has 0 heterocycles. The first kappa shape index (κ1) is 26.3. The van der Waals surface area contributed by atoms with Crippen LogP contribution in [0.4, 0.5) is 11.4 Å². The number of hydrogen-bond acceptors (Lipinski definition) is 7. The third-order valence-corrected chi connectivity index (χ3v) is 4.94. The highest BCUT2D eigenvalue weighted by Gasteiger charge is 2.27. The monoisotopic (exact) mass is 473 g/mol. The molecule has 0 bridgehead atoms. The van der Waals surface area contributed by atoms with Crippen LogP contribution in [0.3, 0.4) is 0 Å². The van der Waals surface area contributed by atoms with Gasteiger partial charge in [-0.05, 0) is 36.2 Å². The molecule has 3 amide bonds. The second-order valence-corrected chi connectivity index (χ2v) is 7.69. The van der Waals surface area contributed by atoms with Crippen LogP contribution in [0.1, 0.15) is 31.1 Å². The summed E-state index contributed by atoms with van der Waals surface area (Å²) in [5, 5.41) is 8.20. The molecule has 0 radical (unpaired) electrons. The van der Waals surface area contributed by atoms with Crippen LogP contribution in [-0.2, 0) is 9.59 Å². The molecule has 0 aliphatic carbocycles. The van der Waals surface area contributed by atoms with E-state index in [-0.39, 0.29) is 17.4 Å². The van der Waals surface area contributed by atoms with Gasteiger partial charge in [-0.3, -0.25) is 14.4 Å². The molecule has 0 aromatic heterocycles. The largest absolute Gasteiger partial charge is 0.495 e. The quantitative estimate of drug-likeness (QED) is 0.484. The second kappa shape index (κ2) is 11.8. The summed E-state index contributed by atoms with van der Waals surface area (Å²) in [7, 11) is 5.83. The minimum Gasteiger partial charge on any atom is -0.495 e. The van der Waals surface area contributed by atoms with E-state index in [2.05, 4.69) is 16.0 Å². The van der Waals surface area contributed by atoms with E-state index in [0.717, 1.165) is 0 Å². The van der Waals surface area contributed by atoms with Gasteiger partial charge in [-0.15, -0.1) is 0 Å². The van der Waals surface area contributed by atoms with Gasteiger partial charge >= 0.3 is 0 Å². The lowest BCUT2D eigenvalue weighted by molar-refractivity contribution is -0.119. The van der Waals surface area contributed by atoms with Crippen LogP contribution in [0.2, 0.25) is 0 Å². The van der Waals surface area contributed by atoms with Gasteiger partial charge in [0.15, 0.2) is 11.5 Å². The van der Waals surface area contributed by atoms with Crippen molar-refractivity contribution in [2.75, 3.05) is 39.1 Å². The summed E-state index contributed by atoms with van der Waals surface area (Å²) in [6.45, 7) is 5.01. The number of hydrogen-bond donors (Lipinski definition) is 3. The summed E-state index contributed by atoms with van der Waals surface area (Å²) in [6.07, 6.45) is 0. The maximum atomic E-state index is 13.1. The highest BCUT2D eigenvalue weighted by atomic mass is 16.5. The van der Waals surface area contributed by atoms with Gasteiger partial charge in [0.1, 0.15) is 11.8 Å². The first-order chi connectivity index (χ1) is 16.1. The number of carbonyl (C=O) groups is 3. The molecule has 0 fully saturated rings. The number of rotatable bonds is 10. The van der Waals surface area contributed by atoms with E-state index in [4.69, 9.17) is 18.9 Å². The fourth-order valence-corrected chi connectivity index (χ4v) is 3.27. The maximum Gasteiger partial charge on any atom is 0.252 e. The molecule has 0 aliphatic rings. The van der Waals surface area contributed by atoms with Crippen LogP contribution in [0.15, 0.2) is 30.3 Å². The molecule has 0 spiro atoms. The zero-order valence-electron chi connectivity index (χ0n) is 20.4. The van der Waals surface area contributed by atoms with Crippen molar-refractivity contribution in [2.45, 2.75) is 26.8 Å². The van der Waals surface area contributed by atoms with Gasteiger partial charge in [-0.25, -0.2) is 0 Å². The van der Waals surface area contributed by atoms with E-state index in [1.165, 1.54) is 47.5 Å². The number of ether oxygens (including phenoxy) is 4. The number of nitrogens with one attached hydrogen (secondary N) is 3. The predicted octanol–water partition coefficient (Wildman–Crippen LogP) is 3.07. The van der Waals surface area contributed by atoms with Gasteiger partial charge in [-0.1, -0.05) is 13.8 Å². The van der Waals surface area contributed by atoms with Crippen LogP contribution in [0.25, 0.3) is 0 Å². The first-order valence-electron chi connectivity index (χ1n) is 10.5. The average molecular weight is 474 g/mol. The molecule has 1 atom stereocenters. The van der Waals surface area contributed by atoms with Gasteiger partial charge < -0.3 is 34.9 Å². The number of amides is 3. The Morgan fingerprint density at radius 2 is 1.38 bits per heavy atom. The normalized spacial score (nSPS) is 11.3. The van der Waals surface area contributed by atoms with E-state index in [1.807, 2.05) is 13.8 Å². The molecule has 2 aromatic carbocycles. The number of methoxy groups -OCH3 is 4. The molecule has 10 heteroatoms. The zero-order chi connectivity index (χ0) is 25.4. The molecule has 0 saturated heterocycles. The Labute approximate surface area is 198 Å². The molecule has 2 rings (SSSR count). The average Bonchev–Trinajstić information content (AvgIpc) is 2.80. The summed E-state index contributed by atoms with van der Waals surface area (Å²) >= 11 is 0. The molecule has 34 heavy (non-hydrogen) atoms. The van der Waals surface area contributed by atoms with Crippen LogP contribution in [0.5, 0.6) is 23.0 Å². The summed E-state index contributed by atoms with van der Waals surface area (Å²) in [4.78, 5) is 37.6. The molecular weight excluding hydrogens is 442 g/mol. The fraction of sp³-hybridized carbons (Fsp3) is 0.375. The molecule has 0 unspecified atom stereocenters. The van der Waals surface area contributed by atoms with Crippen molar-refractivity contribution in [3.05, 3.63) is 35.9 Å². The lowest BCUT2D eigenvalue weighted by atomic mass is 10.0. The van der Waals surface area contributed by atoms with Crippen molar-refractivity contribution in [2.24, 2.45) is 5.92 Å². The Morgan fingerprint density at radius 1 is 0.794 bits per heavy atom. The smallest absolute Gasteiger partial charge is 0.252 e. The maximum absolute atomic E-state index is 13.1. The van der Waals surface area contributed by atoms with Crippen LogP contribution in [0, 0.1) is 5.92 Å². The zero-order valence-corrected chi connectivity index (χ0v) is 20.4. The number of anilines is 2. The van der Waals surface area contributed by atoms with Crippen molar-refractivity contribution in [1.29, 1.82) is 0 Å². The van der Waals surface area contributed by atoms with E-state index in [0.29, 0.717) is 34.4 Å². The third-order valence-electron chi connectivity index (χ3n) is 4.94. The molecule has 184 valence electrons.